The number of aryl methyl sites for hydroxylation is 1. The van der Waals surface area contributed by atoms with Gasteiger partial charge in [0, 0.05) is 60.9 Å². The van der Waals surface area contributed by atoms with Gasteiger partial charge in [0.05, 0.1) is 11.7 Å². The molecular formula is C32H33ClN6O2S2. The second-order valence-corrected chi connectivity index (χ2v) is 14.8. The van der Waals surface area contributed by atoms with E-state index in [0.717, 1.165) is 18.7 Å². The van der Waals surface area contributed by atoms with Gasteiger partial charge in [-0.25, -0.2) is 4.98 Å². The van der Waals surface area contributed by atoms with E-state index in [-0.39, 0.29) is 5.56 Å². The highest BCUT2D eigenvalue weighted by atomic mass is 35.5. The Hall–Kier alpha value is -3.57. The Morgan fingerprint density at radius 2 is 1.95 bits per heavy atom. The molecule has 1 aliphatic heterocycles. The summed E-state index contributed by atoms with van der Waals surface area (Å²) in [4.78, 5) is 29.8. The fourth-order valence-electron chi connectivity index (χ4n) is 5.73. The van der Waals surface area contributed by atoms with Crippen molar-refractivity contribution >= 4 is 61.0 Å². The molecule has 222 valence electrons. The first kappa shape index (κ1) is 29.5. The molecule has 8 nitrogen and oxygen atoms in total. The van der Waals surface area contributed by atoms with Crippen LogP contribution in [0.4, 0.5) is 11.6 Å². The summed E-state index contributed by atoms with van der Waals surface area (Å²) in [5.41, 5.74) is 5.11. The summed E-state index contributed by atoms with van der Waals surface area (Å²) in [5.74, 6) is 5.04. The van der Waals surface area contributed by atoms with Gasteiger partial charge in [0.2, 0.25) is 5.95 Å². The van der Waals surface area contributed by atoms with E-state index in [1.807, 2.05) is 6.92 Å². The number of rotatable bonds is 8. The minimum Gasteiger partial charge on any atom is -0.324 e. The third-order valence-corrected chi connectivity index (χ3v) is 11.7. The number of benzene rings is 2. The number of halogens is 1. The zero-order chi connectivity index (χ0) is 30.1. The summed E-state index contributed by atoms with van der Waals surface area (Å²) in [6.07, 6.45) is 6.88. The molecule has 0 radical (unpaired) electrons. The van der Waals surface area contributed by atoms with Crippen molar-refractivity contribution in [3.8, 4) is 11.1 Å². The molecule has 4 heterocycles. The smallest absolute Gasteiger partial charge is 0.260 e. The minimum absolute atomic E-state index is 0.218. The monoisotopic (exact) mass is 632 g/mol. The fourth-order valence-corrected chi connectivity index (χ4v) is 8.53. The van der Waals surface area contributed by atoms with E-state index in [2.05, 4.69) is 57.4 Å². The number of pyridine rings is 1. The molecule has 2 unspecified atom stereocenters. The van der Waals surface area contributed by atoms with Gasteiger partial charge >= 0.3 is 0 Å². The van der Waals surface area contributed by atoms with Crippen LogP contribution in [0.1, 0.15) is 25.3 Å². The third kappa shape index (κ3) is 6.10. The maximum absolute atomic E-state index is 13.7. The molecule has 6 rings (SSSR count). The number of nitrogens with zero attached hydrogens (tertiary/aromatic N) is 5. The van der Waals surface area contributed by atoms with Crippen LogP contribution in [-0.2, 0) is 22.5 Å². The van der Waals surface area contributed by atoms with Crippen LogP contribution >= 0.6 is 22.9 Å². The largest absolute Gasteiger partial charge is 0.324 e. The molecule has 0 saturated carbocycles. The first-order valence-electron chi connectivity index (χ1n) is 14.2. The molecule has 43 heavy (non-hydrogen) atoms. The number of aromatic nitrogens is 4. The Labute approximate surface area is 260 Å². The van der Waals surface area contributed by atoms with E-state index >= 15 is 0 Å². The second kappa shape index (κ2) is 12.2. The summed E-state index contributed by atoms with van der Waals surface area (Å²) in [6, 6.07) is 15.2. The van der Waals surface area contributed by atoms with Crippen molar-refractivity contribution in [2.75, 3.05) is 25.5 Å². The molecule has 5 aromatic rings. The van der Waals surface area contributed by atoms with Crippen molar-refractivity contribution in [1.82, 2.24) is 24.4 Å². The fraction of sp³-hybridized carbons (Fsp3) is 0.281. The van der Waals surface area contributed by atoms with E-state index in [4.69, 9.17) is 16.6 Å². The predicted octanol–water partition coefficient (Wildman–Crippen LogP) is 6.35. The van der Waals surface area contributed by atoms with Gasteiger partial charge in [0.1, 0.15) is 9.86 Å². The number of anilines is 2. The summed E-state index contributed by atoms with van der Waals surface area (Å²) in [6.45, 7) is 4.65. The Kier molecular flexibility index (Phi) is 8.37. The lowest BCUT2D eigenvalue weighted by molar-refractivity contribution is 0.209. The van der Waals surface area contributed by atoms with Crippen molar-refractivity contribution < 1.29 is 4.21 Å². The van der Waals surface area contributed by atoms with Crippen molar-refractivity contribution in [3.05, 3.63) is 87.4 Å². The number of likely N-dealkylation sites (tertiary alicyclic amines) is 1. The molecule has 2 aromatic carbocycles. The molecule has 1 aliphatic rings. The highest BCUT2D eigenvalue weighted by Crippen LogP contribution is 2.33. The molecule has 1 saturated heterocycles. The average Bonchev–Trinajstić information content (AvgIpc) is 3.55. The van der Waals surface area contributed by atoms with Crippen LogP contribution in [0, 0.1) is 5.92 Å². The van der Waals surface area contributed by atoms with Crippen molar-refractivity contribution in [2.45, 2.75) is 41.8 Å². The normalized spacial score (nSPS) is 17.1. The molecule has 11 heteroatoms. The highest BCUT2D eigenvalue weighted by Gasteiger charge is 2.19. The van der Waals surface area contributed by atoms with Gasteiger partial charge in [0.25, 0.3) is 5.56 Å². The van der Waals surface area contributed by atoms with Crippen LogP contribution in [0.2, 0.25) is 5.02 Å². The third-order valence-electron chi connectivity index (χ3n) is 7.95. The average molecular weight is 633 g/mol. The molecule has 2 atom stereocenters. The molecule has 3 aromatic heterocycles. The van der Waals surface area contributed by atoms with Gasteiger partial charge < -0.3 is 10.2 Å². The van der Waals surface area contributed by atoms with Gasteiger partial charge in [-0.2, -0.15) is 4.98 Å². The summed E-state index contributed by atoms with van der Waals surface area (Å²) >= 11 is 7.96. The number of hydrogen-bond acceptors (Lipinski definition) is 8. The van der Waals surface area contributed by atoms with Crippen LogP contribution in [0.3, 0.4) is 0 Å². The lowest BCUT2D eigenvalue weighted by Gasteiger charge is -2.29. The van der Waals surface area contributed by atoms with E-state index in [1.165, 1.54) is 36.3 Å². The maximum Gasteiger partial charge on any atom is 0.260 e. The van der Waals surface area contributed by atoms with Crippen LogP contribution in [0.5, 0.6) is 0 Å². The number of fused-ring (bicyclic) bond motifs is 1. The summed E-state index contributed by atoms with van der Waals surface area (Å²) < 4.78 is 15.6. The van der Waals surface area contributed by atoms with Gasteiger partial charge in [-0.05, 0) is 87.5 Å². The van der Waals surface area contributed by atoms with E-state index in [0.29, 0.717) is 54.7 Å². The zero-order valence-corrected chi connectivity index (χ0v) is 26.5. The molecular weight excluding hydrogens is 600 g/mol. The Balaban J connectivity index is 1.26. The van der Waals surface area contributed by atoms with Gasteiger partial charge in [-0.3, -0.25) is 18.6 Å². The minimum atomic E-state index is -2.76. The van der Waals surface area contributed by atoms with Crippen LogP contribution in [0.25, 0.3) is 22.2 Å². The predicted molar refractivity (Wildman–Crippen MR) is 177 cm³/mol. The highest BCUT2D eigenvalue weighted by molar-refractivity contribution is 8.02. The topological polar surface area (TPSA) is 93.0 Å². The van der Waals surface area contributed by atoms with Gasteiger partial charge in [-0.1, -0.05) is 29.8 Å². The van der Waals surface area contributed by atoms with Crippen LogP contribution in [-0.4, -0.2) is 54.6 Å². The summed E-state index contributed by atoms with van der Waals surface area (Å²) in [5, 5.41) is 4.31. The van der Waals surface area contributed by atoms with Gasteiger partial charge in [-0.15, -0.1) is 11.3 Å². The molecule has 1 N–H and O–H groups in total. The Morgan fingerprint density at radius 3 is 2.65 bits per heavy atom. The van der Waals surface area contributed by atoms with E-state index in [1.54, 1.807) is 46.7 Å². The maximum atomic E-state index is 13.7. The zero-order valence-electron chi connectivity index (χ0n) is 24.1. The number of nitrogens with one attached hydrogen (secondary N) is 1. The summed E-state index contributed by atoms with van der Waals surface area (Å²) in [7, 11) is -0.560. The Bertz CT molecular complexity index is 1940. The first-order chi connectivity index (χ1) is 20.7. The molecule has 0 bridgehead atoms. The molecule has 1 fully saturated rings. The lowest BCUT2D eigenvalue weighted by Crippen LogP contribution is -2.32. The van der Waals surface area contributed by atoms with Crippen LogP contribution in [0.15, 0.2) is 80.3 Å². The van der Waals surface area contributed by atoms with E-state index in [9.17, 15) is 9.00 Å². The molecule has 0 aliphatic carbocycles. The number of hydrogen-bond donors (Lipinski definition) is 1. The number of thiazole rings is 1. The quantitative estimate of drug-likeness (QED) is 0.199. The van der Waals surface area contributed by atoms with Crippen molar-refractivity contribution in [2.24, 2.45) is 5.92 Å². The lowest BCUT2D eigenvalue weighted by atomic mass is 9.91. The van der Waals surface area contributed by atoms with Crippen LogP contribution < -0.4 is 10.9 Å². The molecule has 0 amide bonds. The van der Waals surface area contributed by atoms with E-state index < -0.39 is 9.52 Å². The second-order valence-electron chi connectivity index (χ2n) is 11.0. The Morgan fingerprint density at radius 1 is 1.14 bits per heavy atom. The standard InChI is InChI=1S/C32H33ClN6O2S2/c1-4-39-30-23(15-27(31(39)40)26-12-11-25(16-28(26)33)43(3,41)29-18-34-20-42-29)17-35-32(37-30)36-24-9-7-21(8-10-24)14-22-6-5-13-38(2)19-22/h7-12,15-18,20,22H,3-6,13-14,19H2,1-2H3,(H,35,36,37). The first-order valence-corrected chi connectivity index (χ1v) is 17.2. The molecule has 0 spiro atoms. The van der Waals surface area contributed by atoms with Crippen molar-refractivity contribution in [3.63, 3.8) is 0 Å². The van der Waals surface area contributed by atoms with Crippen molar-refractivity contribution in [1.29, 1.82) is 0 Å². The van der Waals surface area contributed by atoms with Gasteiger partial charge in [0.15, 0.2) is 0 Å². The SMILES string of the molecule is C=S(=O)(c1ccc(-c2cc3cnc(Nc4ccc(CC5CCCN(C)C5)cc4)nc3n(CC)c2=O)c(Cl)c1)c1cncs1. The number of piperidine rings is 1.